The van der Waals surface area contributed by atoms with E-state index in [2.05, 4.69) is 16.7 Å². The Morgan fingerprint density at radius 2 is 2.12 bits per heavy atom. The predicted octanol–water partition coefficient (Wildman–Crippen LogP) is 1.57. The van der Waals surface area contributed by atoms with Crippen LogP contribution in [0.3, 0.4) is 0 Å². The van der Waals surface area contributed by atoms with Gasteiger partial charge in [-0.1, -0.05) is 19.3 Å². The van der Waals surface area contributed by atoms with Crippen LogP contribution in [0.5, 0.6) is 0 Å². The van der Waals surface area contributed by atoms with E-state index >= 15 is 0 Å². The number of amides is 1. The van der Waals surface area contributed by atoms with Gasteiger partial charge in [0.15, 0.2) is 0 Å². The molecule has 0 aromatic heterocycles. The van der Waals surface area contributed by atoms with Gasteiger partial charge in [0.25, 0.3) is 0 Å². The van der Waals surface area contributed by atoms with Crippen molar-refractivity contribution >= 4 is 5.91 Å². The summed E-state index contributed by atoms with van der Waals surface area (Å²) in [4.78, 5) is 11.3. The van der Waals surface area contributed by atoms with Crippen molar-refractivity contribution in [1.82, 2.24) is 10.6 Å². The summed E-state index contributed by atoms with van der Waals surface area (Å²) in [6.45, 7) is 3.28. The zero-order valence-electron chi connectivity index (χ0n) is 10.7. The first-order valence-electron chi connectivity index (χ1n) is 6.67. The molecule has 1 fully saturated rings. The quantitative estimate of drug-likeness (QED) is 0.713. The molecule has 0 spiro atoms. The second kappa shape index (κ2) is 8.08. The van der Waals surface area contributed by atoms with Crippen LogP contribution in [0.4, 0.5) is 0 Å². The lowest BCUT2D eigenvalue weighted by Gasteiger charge is -2.20. The van der Waals surface area contributed by atoms with E-state index in [9.17, 15) is 4.79 Å². The van der Waals surface area contributed by atoms with Gasteiger partial charge >= 0.3 is 0 Å². The van der Waals surface area contributed by atoms with Crippen molar-refractivity contribution in [2.24, 2.45) is 5.92 Å². The molecule has 4 nitrogen and oxygen atoms in total. The third-order valence-electron chi connectivity index (χ3n) is 3.31. The third kappa shape index (κ3) is 5.18. The fourth-order valence-corrected chi connectivity index (χ4v) is 2.36. The molecule has 0 aromatic carbocycles. The maximum atomic E-state index is 11.3. The van der Waals surface area contributed by atoms with Crippen LogP contribution >= 0.6 is 0 Å². The molecule has 2 unspecified atom stereocenters. The van der Waals surface area contributed by atoms with Gasteiger partial charge in [-0.25, -0.2) is 0 Å². The molecule has 17 heavy (non-hydrogen) atoms. The second-order valence-electron chi connectivity index (χ2n) is 4.64. The van der Waals surface area contributed by atoms with Gasteiger partial charge in [-0.05, 0) is 19.8 Å². The molecule has 0 radical (unpaired) electrons. The fourth-order valence-electron chi connectivity index (χ4n) is 2.36. The van der Waals surface area contributed by atoms with Crippen molar-refractivity contribution in [3.63, 3.8) is 0 Å². The number of carbonyl (C=O) groups is 1. The van der Waals surface area contributed by atoms with E-state index in [1.165, 1.54) is 12.8 Å². The first kappa shape index (κ1) is 14.0. The summed E-state index contributed by atoms with van der Waals surface area (Å²) < 4.78 is 0. The number of rotatable bonds is 5. The molecule has 4 heteroatoms. The number of hydrogen-bond donors (Lipinski definition) is 2. The normalized spacial score (nSPS) is 24.7. The van der Waals surface area contributed by atoms with E-state index in [0.717, 1.165) is 19.3 Å². The standard InChI is InChI=1S/C13H23N3O/c1-2-15-13(17)8-9-16-12-7-5-3-4-6-11(12)10-14/h11-12,16H,2-9H2,1H3,(H,15,17). The Bertz CT molecular complexity index is 272. The molecule has 1 aliphatic rings. The summed E-state index contributed by atoms with van der Waals surface area (Å²) in [6.07, 6.45) is 6.14. The zero-order valence-corrected chi connectivity index (χ0v) is 10.7. The monoisotopic (exact) mass is 237 g/mol. The van der Waals surface area contributed by atoms with E-state index in [0.29, 0.717) is 19.5 Å². The minimum absolute atomic E-state index is 0.0853. The van der Waals surface area contributed by atoms with Gasteiger partial charge in [-0.2, -0.15) is 5.26 Å². The molecule has 1 saturated carbocycles. The number of nitriles is 1. The predicted molar refractivity (Wildman–Crippen MR) is 67.3 cm³/mol. The fraction of sp³-hybridized carbons (Fsp3) is 0.846. The van der Waals surface area contributed by atoms with Gasteiger partial charge < -0.3 is 10.6 Å². The minimum Gasteiger partial charge on any atom is -0.356 e. The molecule has 1 aliphatic carbocycles. The highest BCUT2D eigenvalue weighted by atomic mass is 16.1. The molecular weight excluding hydrogens is 214 g/mol. The highest BCUT2D eigenvalue weighted by Gasteiger charge is 2.22. The van der Waals surface area contributed by atoms with Crippen LogP contribution in [0.1, 0.15) is 45.4 Å². The van der Waals surface area contributed by atoms with E-state index in [4.69, 9.17) is 5.26 Å². The van der Waals surface area contributed by atoms with Gasteiger partial charge in [0.05, 0.1) is 12.0 Å². The van der Waals surface area contributed by atoms with Crippen molar-refractivity contribution in [1.29, 1.82) is 5.26 Å². The molecule has 0 heterocycles. The van der Waals surface area contributed by atoms with Gasteiger partial charge in [-0.15, -0.1) is 0 Å². The van der Waals surface area contributed by atoms with Crippen LogP contribution in [-0.2, 0) is 4.79 Å². The topological polar surface area (TPSA) is 64.9 Å². The molecule has 2 atom stereocenters. The molecule has 2 N–H and O–H groups in total. The smallest absolute Gasteiger partial charge is 0.221 e. The van der Waals surface area contributed by atoms with Gasteiger partial charge in [0, 0.05) is 25.6 Å². The SMILES string of the molecule is CCNC(=O)CCNC1CCCCCC1C#N. The van der Waals surface area contributed by atoms with E-state index < -0.39 is 0 Å². The molecular formula is C13H23N3O. The summed E-state index contributed by atoms with van der Waals surface area (Å²) >= 11 is 0. The van der Waals surface area contributed by atoms with E-state index in [1.807, 2.05) is 6.92 Å². The maximum absolute atomic E-state index is 11.3. The molecule has 0 aromatic rings. The largest absolute Gasteiger partial charge is 0.356 e. The van der Waals surface area contributed by atoms with Gasteiger partial charge in [-0.3, -0.25) is 4.79 Å². The van der Waals surface area contributed by atoms with Crippen LogP contribution in [0.15, 0.2) is 0 Å². The number of nitrogens with one attached hydrogen (secondary N) is 2. The number of hydrogen-bond acceptors (Lipinski definition) is 3. The Balaban J connectivity index is 2.28. The number of carbonyl (C=O) groups excluding carboxylic acids is 1. The summed E-state index contributed by atoms with van der Waals surface area (Å²) in [6, 6.07) is 2.67. The van der Waals surface area contributed by atoms with Crippen LogP contribution in [0.2, 0.25) is 0 Å². The lowest BCUT2D eigenvalue weighted by Crippen LogP contribution is -2.37. The molecule has 1 rings (SSSR count). The van der Waals surface area contributed by atoms with Gasteiger partial charge in [0.2, 0.25) is 5.91 Å². The Morgan fingerprint density at radius 1 is 1.35 bits per heavy atom. The van der Waals surface area contributed by atoms with Crippen molar-refractivity contribution < 1.29 is 4.79 Å². The van der Waals surface area contributed by atoms with Crippen LogP contribution in [0.25, 0.3) is 0 Å². The average molecular weight is 237 g/mol. The average Bonchev–Trinajstić information content (AvgIpc) is 2.54. The van der Waals surface area contributed by atoms with Crippen molar-refractivity contribution in [2.45, 2.75) is 51.5 Å². The van der Waals surface area contributed by atoms with Crippen LogP contribution in [0, 0.1) is 17.2 Å². The lowest BCUT2D eigenvalue weighted by molar-refractivity contribution is -0.120. The second-order valence-corrected chi connectivity index (χ2v) is 4.64. The molecule has 0 saturated heterocycles. The Labute approximate surface area is 104 Å². The van der Waals surface area contributed by atoms with Crippen molar-refractivity contribution in [3.8, 4) is 6.07 Å². The first-order valence-corrected chi connectivity index (χ1v) is 6.67. The Kier molecular flexibility index (Phi) is 6.64. The Hall–Kier alpha value is -1.08. The van der Waals surface area contributed by atoms with Crippen LogP contribution in [-0.4, -0.2) is 25.0 Å². The lowest BCUT2D eigenvalue weighted by atomic mass is 9.96. The highest BCUT2D eigenvalue weighted by molar-refractivity contribution is 5.75. The summed E-state index contributed by atoms with van der Waals surface area (Å²) in [5, 5.41) is 15.3. The summed E-state index contributed by atoms with van der Waals surface area (Å²) in [7, 11) is 0. The zero-order chi connectivity index (χ0) is 12.5. The Morgan fingerprint density at radius 3 is 2.82 bits per heavy atom. The molecule has 1 amide bonds. The summed E-state index contributed by atoms with van der Waals surface area (Å²) in [5.41, 5.74) is 0. The third-order valence-corrected chi connectivity index (χ3v) is 3.31. The van der Waals surface area contributed by atoms with Crippen molar-refractivity contribution in [2.75, 3.05) is 13.1 Å². The minimum atomic E-state index is 0.0853. The number of nitrogens with zero attached hydrogens (tertiary/aromatic N) is 1. The summed E-state index contributed by atoms with van der Waals surface area (Å²) in [5.74, 6) is 0.203. The van der Waals surface area contributed by atoms with Crippen LogP contribution < -0.4 is 10.6 Å². The highest BCUT2D eigenvalue weighted by Crippen LogP contribution is 2.22. The maximum Gasteiger partial charge on any atom is 0.221 e. The molecule has 0 bridgehead atoms. The first-order chi connectivity index (χ1) is 8.27. The molecule has 96 valence electrons. The van der Waals surface area contributed by atoms with Gasteiger partial charge in [0.1, 0.15) is 0 Å². The van der Waals surface area contributed by atoms with E-state index in [1.54, 1.807) is 0 Å². The van der Waals surface area contributed by atoms with E-state index in [-0.39, 0.29) is 17.9 Å². The van der Waals surface area contributed by atoms with Crippen molar-refractivity contribution in [3.05, 3.63) is 0 Å². The molecule has 0 aliphatic heterocycles.